The molecule has 30 heavy (non-hydrogen) atoms. The topological polar surface area (TPSA) is 87.6 Å². The Balaban J connectivity index is 2.01. The third-order valence-electron chi connectivity index (χ3n) is 5.90. The van der Waals surface area contributed by atoms with Crippen LogP contribution in [0.4, 0.5) is 4.79 Å². The minimum atomic E-state index is -3.32. The molecule has 0 aliphatic carbocycles. The van der Waals surface area contributed by atoms with E-state index in [2.05, 4.69) is 24.9 Å². The van der Waals surface area contributed by atoms with Crippen molar-refractivity contribution in [3.63, 3.8) is 0 Å². The number of hydrogen-bond acceptors (Lipinski definition) is 4. The molecule has 1 aromatic carbocycles. The Kier molecular flexibility index (Phi) is 6.31. The van der Waals surface area contributed by atoms with Crippen LogP contribution in [0.2, 0.25) is 0 Å². The molecule has 1 aromatic heterocycles. The van der Waals surface area contributed by atoms with Gasteiger partial charge in [0.05, 0.1) is 4.90 Å². The van der Waals surface area contributed by atoms with Crippen molar-refractivity contribution in [3.8, 4) is 0 Å². The van der Waals surface area contributed by atoms with Gasteiger partial charge in [0.15, 0.2) is 9.84 Å². The molecule has 1 amide bonds. The summed E-state index contributed by atoms with van der Waals surface area (Å²) in [4.78, 5) is 17.1. The summed E-state index contributed by atoms with van der Waals surface area (Å²) >= 11 is 0. The molecule has 1 saturated heterocycles. The van der Waals surface area contributed by atoms with Crippen molar-refractivity contribution in [2.24, 2.45) is 11.3 Å². The molecule has 160 valence electrons. The van der Waals surface area contributed by atoms with Crippen LogP contribution in [-0.2, 0) is 9.84 Å². The van der Waals surface area contributed by atoms with Gasteiger partial charge in [-0.05, 0) is 65.1 Å². The van der Waals surface area contributed by atoms with Crippen molar-refractivity contribution in [3.05, 3.63) is 66.0 Å². The normalized spacial score (nSPS) is 16.5. The third kappa shape index (κ3) is 5.08. The minimum Gasteiger partial charge on any atom is -0.465 e. The summed E-state index contributed by atoms with van der Waals surface area (Å²) in [6.45, 7) is 5.39. The third-order valence-corrected chi connectivity index (χ3v) is 7.01. The molecule has 1 fully saturated rings. The predicted molar refractivity (Wildman–Crippen MR) is 117 cm³/mol. The van der Waals surface area contributed by atoms with Crippen LogP contribution >= 0.6 is 0 Å². The molecule has 0 spiro atoms. The number of carboxylic acid groups (broad SMARTS) is 1. The van der Waals surface area contributed by atoms with Crippen molar-refractivity contribution in [1.29, 1.82) is 0 Å². The van der Waals surface area contributed by atoms with Crippen LogP contribution in [0.1, 0.15) is 37.8 Å². The van der Waals surface area contributed by atoms with E-state index in [9.17, 15) is 18.3 Å². The summed E-state index contributed by atoms with van der Waals surface area (Å²) < 4.78 is 24.2. The second kappa shape index (κ2) is 8.60. The first-order chi connectivity index (χ1) is 14.1. The SMILES string of the molecule is CC(C)(C=C(c1ccncc1)c1cccc(S(C)(=O)=O)c1)C1CCN(C(=O)O)CC1. The maximum Gasteiger partial charge on any atom is 0.407 e. The molecule has 1 aliphatic rings. The van der Waals surface area contributed by atoms with Crippen LogP contribution in [0, 0.1) is 11.3 Å². The zero-order valence-electron chi connectivity index (χ0n) is 17.6. The van der Waals surface area contributed by atoms with E-state index in [0.29, 0.717) is 19.0 Å². The Hall–Kier alpha value is -2.67. The lowest BCUT2D eigenvalue weighted by Gasteiger charge is -2.39. The lowest BCUT2D eigenvalue weighted by atomic mass is 9.72. The number of allylic oxidation sites excluding steroid dienone is 1. The van der Waals surface area contributed by atoms with Gasteiger partial charge < -0.3 is 10.0 Å². The molecule has 0 atom stereocenters. The van der Waals surface area contributed by atoms with E-state index in [0.717, 1.165) is 29.5 Å². The summed E-state index contributed by atoms with van der Waals surface area (Å²) in [5, 5.41) is 9.22. The molecule has 3 rings (SSSR count). The molecule has 0 bridgehead atoms. The van der Waals surface area contributed by atoms with E-state index >= 15 is 0 Å². The number of aromatic nitrogens is 1. The average molecular weight is 429 g/mol. The smallest absolute Gasteiger partial charge is 0.407 e. The lowest BCUT2D eigenvalue weighted by molar-refractivity contribution is 0.104. The molecule has 6 nitrogen and oxygen atoms in total. The van der Waals surface area contributed by atoms with Gasteiger partial charge in [-0.15, -0.1) is 0 Å². The Labute approximate surface area is 178 Å². The van der Waals surface area contributed by atoms with Crippen LogP contribution in [0.3, 0.4) is 0 Å². The fourth-order valence-corrected chi connectivity index (χ4v) is 4.73. The average Bonchev–Trinajstić information content (AvgIpc) is 2.72. The van der Waals surface area contributed by atoms with E-state index in [4.69, 9.17) is 0 Å². The first-order valence-corrected chi connectivity index (χ1v) is 11.9. The number of amides is 1. The Morgan fingerprint density at radius 3 is 2.33 bits per heavy atom. The van der Waals surface area contributed by atoms with Gasteiger partial charge in [-0.1, -0.05) is 32.1 Å². The van der Waals surface area contributed by atoms with Crippen LogP contribution < -0.4 is 0 Å². The fourth-order valence-electron chi connectivity index (χ4n) is 4.06. The lowest BCUT2D eigenvalue weighted by Crippen LogP contribution is -2.41. The number of piperidine rings is 1. The number of likely N-dealkylation sites (tertiary alicyclic amines) is 1. The number of hydrogen-bond donors (Lipinski definition) is 1. The van der Waals surface area contributed by atoms with Crippen molar-refractivity contribution in [2.45, 2.75) is 31.6 Å². The summed E-state index contributed by atoms with van der Waals surface area (Å²) in [6, 6.07) is 10.8. The second-order valence-corrected chi connectivity index (χ2v) is 10.5. The maximum atomic E-state index is 12.1. The highest BCUT2D eigenvalue weighted by Crippen LogP contribution is 2.40. The predicted octanol–water partition coefficient (Wildman–Crippen LogP) is 4.33. The number of rotatable bonds is 5. The highest BCUT2D eigenvalue weighted by atomic mass is 32.2. The van der Waals surface area contributed by atoms with E-state index in [1.165, 1.54) is 11.2 Å². The first kappa shape index (κ1) is 22.0. The zero-order chi connectivity index (χ0) is 21.9. The standard InChI is InChI=1S/C23H28N2O4S/c1-23(2,19-9-13-25(14-10-19)22(26)27)16-21(17-7-11-24-12-8-17)18-5-4-6-20(15-18)30(3,28)29/h4-8,11-12,15-16,19H,9-10,13-14H2,1-3H3,(H,26,27). The monoisotopic (exact) mass is 428 g/mol. The van der Waals surface area contributed by atoms with Gasteiger partial charge >= 0.3 is 6.09 Å². The van der Waals surface area contributed by atoms with Crippen molar-refractivity contribution < 1.29 is 18.3 Å². The molecule has 0 radical (unpaired) electrons. The van der Waals surface area contributed by atoms with Crippen LogP contribution in [0.5, 0.6) is 0 Å². The highest BCUT2D eigenvalue weighted by Gasteiger charge is 2.33. The van der Waals surface area contributed by atoms with Crippen LogP contribution in [0.15, 0.2) is 59.8 Å². The summed E-state index contributed by atoms with van der Waals surface area (Å²) in [5.41, 5.74) is 2.55. The second-order valence-electron chi connectivity index (χ2n) is 8.46. The highest BCUT2D eigenvalue weighted by molar-refractivity contribution is 7.90. The molecular formula is C23H28N2O4S. The van der Waals surface area contributed by atoms with Crippen molar-refractivity contribution in [1.82, 2.24) is 9.88 Å². The summed E-state index contributed by atoms with van der Waals surface area (Å²) in [7, 11) is -3.32. The molecule has 1 aliphatic heterocycles. The van der Waals surface area contributed by atoms with Gasteiger partial charge in [0.25, 0.3) is 0 Å². The van der Waals surface area contributed by atoms with Gasteiger partial charge in [0.2, 0.25) is 0 Å². The van der Waals surface area contributed by atoms with Gasteiger partial charge in [0.1, 0.15) is 0 Å². The first-order valence-electron chi connectivity index (χ1n) is 9.99. The molecule has 7 heteroatoms. The maximum absolute atomic E-state index is 12.1. The van der Waals surface area contributed by atoms with E-state index in [-0.39, 0.29) is 10.3 Å². The molecule has 0 unspecified atom stereocenters. The molecule has 2 heterocycles. The van der Waals surface area contributed by atoms with Gasteiger partial charge in [-0.3, -0.25) is 4.98 Å². The Morgan fingerprint density at radius 2 is 1.77 bits per heavy atom. The Bertz CT molecular complexity index is 1040. The van der Waals surface area contributed by atoms with Gasteiger partial charge in [-0.25, -0.2) is 13.2 Å². The largest absolute Gasteiger partial charge is 0.465 e. The minimum absolute atomic E-state index is 0.204. The van der Waals surface area contributed by atoms with Gasteiger partial charge in [0, 0.05) is 31.7 Å². The number of benzene rings is 1. The van der Waals surface area contributed by atoms with Crippen molar-refractivity contribution in [2.75, 3.05) is 19.3 Å². The molecule has 1 N–H and O–H groups in total. The Morgan fingerprint density at radius 1 is 1.13 bits per heavy atom. The molecular weight excluding hydrogens is 400 g/mol. The molecule has 0 saturated carbocycles. The summed E-state index contributed by atoms with van der Waals surface area (Å²) in [6.07, 6.45) is 7.58. The fraction of sp³-hybridized carbons (Fsp3) is 0.391. The van der Waals surface area contributed by atoms with E-state index < -0.39 is 15.9 Å². The van der Waals surface area contributed by atoms with Crippen LogP contribution in [-0.4, -0.2) is 48.8 Å². The van der Waals surface area contributed by atoms with Crippen molar-refractivity contribution >= 4 is 21.5 Å². The molecule has 2 aromatic rings. The quantitative estimate of drug-likeness (QED) is 0.766. The van der Waals surface area contributed by atoms with E-state index in [1.807, 2.05) is 18.2 Å². The number of pyridine rings is 1. The van der Waals surface area contributed by atoms with E-state index in [1.54, 1.807) is 30.6 Å². The number of nitrogens with zero attached hydrogens (tertiary/aromatic N) is 2. The van der Waals surface area contributed by atoms with Crippen LogP contribution in [0.25, 0.3) is 5.57 Å². The number of sulfone groups is 1. The van der Waals surface area contributed by atoms with Gasteiger partial charge in [-0.2, -0.15) is 0 Å². The summed E-state index contributed by atoms with van der Waals surface area (Å²) in [5.74, 6) is 0.322. The number of carbonyl (C=O) groups is 1. The zero-order valence-corrected chi connectivity index (χ0v) is 18.4.